The maximum Gasteiger partial charge on any atom is 0.118 e. The van der Waals surface area contributed by atoms with Crippen molar-refractivity contribution in [2.24, 2.45) is 0 Å². The van der Waals surface area contributed by atoms with Gasteiger partial charge in [0.2, 0.25) is 0 Å². The van der Waals surface area contributed by atoms with Gasteiger partial charge in [-0.25, -0.2) is 0 Å². The maximum absolute atomic E-state index is 5.12. The van der Waals surface area contributed by atoms with E-state index in [1.54, 1.807) is 7.11 Å². The lowest BCUT2D eigenvalue weighted by Gasteiger charge is -2.05. The van der Waals surface area contributed by atoms with Gasteiger partial charge >= 0.3 is 0 Å². The highest BCUT2D eigenvalue weighted by molar-refractivity contribution is 7.99. The minimum absolute atomic E-state index is 0.919. The van der Waals surface area contributed by atoms with Crippen molar-refractivity contribution < 1.29 is 4.74 Å². The van der Waals surface area contributed by atoms with Crippen molar-refractivity contribution in [3.63, 3.8) is 0 Å². The largest absolute Gasteiger partial charge is 0.497 e. The van der Waals surface area contributed by atoms with Gasteiger partial charge in [0.05, 0.1) is 7.11 Å². The van der Waals surface area contributed by atoms with Gasteiger partial charge in [-0.1, -0.05) is 18.2 Å². The number of methoxy groups -OCH3 is 1. The molecule has 0 aliphatic carbocycles. The molecule has 0 aliphatic rings. The Kier molecular flexibility index (Phi) is 7.60. The Morgan fingerprint density at radius 3 is 2.71 bits per heavy atom. The van der Waals surface area contributed by atoms with E-state index in [1.165, 1.54) is 5.56 Å². The maximum atomic E-state index is 5.12. The summed E-state index contributed by atoms with van der Waals surface area (Å²) in [6, 6.07) is 8.25. The molecule has 3 heteroatoms. The minimum atomic E-state index is 0.919. The predicted octanol–water partition coefficient (Wildman–Crippen LogP) is 2.75. The van der Waals surface area contributed by atoms with Crippen LogP contribution in [0.15, 0.2) is 36.9 Å². The summed E-state index contributed by atoms with van der Waals surface area (Å²) in [5.41, 5.74) is 1.34. The number of hydrogen-bond acceptors (Lipinski definition) is 3. The van der Waals surface area contributed by atoms with E-state index in [0.29, 0.717) is 0 Å². The average Bonchev–Trinajstić information content (AvgIpc) is 2.38. The van der Waals surface area contributed by atoms with E-state index in [9.17, 15) is 0 Å². The van der Waals surface area contributed by atoms with Crippen molar-refractivity contribution in [3.8, 4) is 5.75 Å². The molecule has 0 unspecified atom stereocenters. The van der Waals surface area contributed by atoms with Crippen LogP contribution in [-0.4, -0.2) is 31.7 Å². The molecule has 0 amide bonds. The fraction of sp³-hybridized carbons (Fsp3) is 0.429. The molecule has 0 saturated heterocycles. The summed E-state index contributed by atoms with van der Waals surface area (Å²) < 4.78 is 5.12. The molecule has 0 bridgehead atoms. The van der Waals surface area contributed by atoms with Crippen molar-refractivity contribution in [2.75, 3.05) is 31.7 Å². The van der Waals surface area contributed by atoms with E-state index >= 15 is 0 Å². The van der Waals surface area contributed by atoms with E-state index in [0.717, 1.165) is 36.8 Å². The van der Waals surface area contributed by atoms with Gasteiger partial charge in [0.1, 0.15) is 5.75 Å². The monoisotopic (exact) mass is 251 g/mol. The van der Waals surface area contributed by atoms with Crippen molar-refractivity contribution in [2.45, 2.75) is 6.42 Å². The Morgan fingerprint density at radius 1 is 1.29 bits per heavy atom. The summed E-state index contributed by atoms with van der Waals surface area (Å²) in [6.45, 7) is 5.79. The Labute approximate surface area is 108 Å². The summed E-state index contributed by atoms with van der Waals surface area (Å²) in [6.07, 6.45) is 3.01. The molecule has 0 atom stereocenters. The van der Waals surface area contributed by atoms with Crippen molar-refractivity contribution in [3.05, 3.63) is 42.5 Å². The van der Waals surface area contributed by atoms with Gasteiger partial charge in [-0.3, -0.25) is 0 Å². The normalized spacial score (nSPS) is 10.2. The van der Waals surface area contributed by atoms with Crippen LogP contribution in [0.25, 0.3) is 0 Å². The summed E-state index contributed by atoms with van der Waals surface area (Å²) in [5, 5.41) is 3.43. The lowest BCUT2D eigenvalue weighted by molar-refractivity contribution is 0.414. The number of nitrogens with one attached hydrogen (secondary N) is 1. The zero-order chi connectivity index (χ0) is 12.3. The van der Waals surface area contributed by atoms with Gasteiger partial charge in [-0.2, -0.15) is 11.8 Å². The zero-order valence-electron chi connectivity index (χ0n) is 10.4. The summed E-state index contributed by atoms with van der Waals surface area (Å²) in [5.74, 6) is 3.11. The topological polar surface area (TPSA) is 21.3 Å². The number of hydrogen-bond donors (Lipinski definition) is 1. The minimum Gasteiger partial charge on any atom is -0.497 e. The molecule has 0 heterocycles. The first-order chi connectivity index (χ1) is 8.36. The van der Waals surface area contributed by atoms with E-state index in [2.05, 4.69) is 24.0 Å². The van der Waals surface area contributed by atoms with Crippen LogP contribution in [0.1, 0.15) is 5.56 Å². The molecule has 1 aromatic rings. The molecular formula is C14H21NOS. The molecule has 1 N–H and O–H groups in total. The van der Waals surface area contributed by atoms with Gasteiger partial charge in [0.25, 0.3) is 0 Å². The predicted molar refractivity (Wildman–Crippen MR) is 77.1 cm³/mol. The van der Waals surface area contributed by atoms with Crippen molar-refractivity contribution >= 4 is 11.8 Å². The molecule has 0 aromatic heterocycles. The molecule has 0 radical (unpaired) electrons. The van der Waals surface area contributed by atoms with E-state index in [1.807, 2.05) is 30.0 Å². The first kappa shape index (κ1) is 14.1. The van der Waals surface area contributed by atoms with Crippen molar-refractivity contribution in [1.29, 1.82) is 0 Å². The van der Waals surface area contributed by atoms with Crippen LogP contribution in [0, 0.1) is 0 Å². The first-order valence-corrected chi connectivity index (χ1v) is 7.04. The molecular weight excluding hydrogens is 230 g/mol. The summed E-state index contributed by atoms with van der Waals surface area (Å²) in [4.78, 5) is 0. The quantitative estimate of drug-likeness (QED) is 0.538. The fourth-order valence-corrected chi connectivity index (χ4v) is 2.08. The molecule has 0 saturated carbocycles. The van der Waals surface area contributed by atoms with E-state index < -0.39 is 0 Å². The SMILES string of the molecule is C=CCSCCNCCc1ccc(OC)cc1. The molecule has 1 rings (SSSR count). The lowest BCUT2D eigenvalue weighted by atomic mass is 10.1. The number of thioether (sulfide) groups is 1. The Bertz CT molecular complexity index is 311. The first-order valence-electron chi connectivity index (χ1n) is 5.89. The molecule has 94 valence electrons. The molecule has 17 heavy (non-hydrogen) atoms. The van der Waals surface area contributed by atoms with Crippen LogP contribution in [0.2, 0.25) is 0 Å². The third-order valence-electron chi connectivity index (χ3n) is 2.41. The highest BCUT2D eigenvalue weighted by Crippen LogP contribution is 2.11. The second-order valence-corrected chi connectivity index (χ2v) is 4.86. The molecule has 1 aromatic carbocycles. The average molecular weight is 251 g/mol. The third kappa shape index (κ3) is 6.39. The van der Waals surface area contributed by atoms with Crippen LogP contribution in [0.5, 0.6) is 5.75 Å². The van der Waals surface area contributed by atoms with Gasteiger partial charge in [-0.05, 0) is 30.7 Å². The number of ether oxygens (including phenoxy) is 1. The third-order valence-corrected chi connectivity index (χ3v) is 3.37. The molecule has 0 aliphatic heterocycles. The number of rotatable bonds is 9. The van der Waals surface area contributed by atoms with Gasteiger partial charge in [0.15, 0.2) is 0 Å². The van der Waals surface area contributed by atoms with Crippen LogP contribution >= 0.6 is 11.8 Å². The highest BCUT2D eigenvalue weighted by Gasteiger charge is 1.94. The second kappa shape index (κ2) is 9.14. The highest BCUT2D eigenvalue weighted by atomic mass is 32.2. The Hall–Kier alpha value is -0.930. The van der Waals surface area contributed by atoms with Gasteiger partial charge in [0, 0.05) is 18.1 Å². The fourth-order valence-electron chi connectivity index (χ4n) is 1.46. The van der Waals surface area contributed by atoms with Crippen LogP contribution in [-0.2, 0) is 6.42 Å². The van der Waals surface area contributed by atoms with Gasteiger partial charge in [-0.15, -0.1) is 6.58 Å². The molecule has 0 fully saturated rings. The van der Waals surface area contributed by atoms with Crippen LogP contribution < -0.4 is 10.1 Å². The Balaban J connectivity index is 2.07. The molecule has 2 nitrogen and oxygen atoms in total. The summed E-state index contributed by atoms with van der Waals surface area (Å²) >= 11 is 1.91. The smallest absolute Gasteiger partial charge is 0.118 e. The number of benzene rings is 1. The van der Waals surface area contributed by atoms with Crippen LogP contribution in [0.4, 0.5) is 0 Å². The standard InChI is InChI=1S/C14H21NOS/c1-3-11-17-12-10-15-9-8-13-4-6-14(16-2)7-5-13/h3-7,15H,1,8-12H2,2H3. The lowest BCUT2D eigenvalue weighted by Crippen LogP contribution is -2.20. The summed E-state index contributed by atoms with van der Waals surface area (Å²) in [7, 11) is 1.69. The van der Waals surface area contributed by atoms with E-state index in [4.69, 9.17) is 4.74 Å². The Morgan fingerprint density at radius 2 is 2.06 bits per heavy atom. The van der Waals surface area contributed by atoms with Crippen molar-refractivity contribution in [1.82, 2.24) is 5.32 Å². The zero-order valence-corrected chi connectivity index (χ0v) is 11.3. The van der Waals surface area contributed by atoms with Crippen LogP contribution in [0.3, 0.4) is 0 Å². The second-order valence-electron chi connectivity index (χ2n) is 3.71. The van der Waals surface area contributed by atoms with Gasteiger partial charge < -0.3 is 10.1 Å². The van der Waals surface area contributed by atoms with E-state index in [-0.39, 0.29) is 0 Å². The molecule has 0 spiro atoms.